The smallest absolute Gasteiger partial charge is 0.295 e. The van der Waals surface area contributed by atoms with Crippen LogP contribution >= 0.6 is 0 Å². The maximum absolute atomic E-state index is 10.7. The van der Waals surface area contributed by atoms with Gasteiger partial charge in [-0.3, -0.25) is 10.1 Å². The first kappa shape index (κ1) is 11.9. The van der Waals surface area contributed by atoms with Crippen molar-refractivity contribution in [3.8, 4) is 0 Å². The Balaban J connectivity index is 1.82. The van der Waals surface area contributed by atoms with Gasteiger partial charge < -0.3 is 15.1 Å². The number of hydrogen-bond donors (Lipinski definition) is 2. The Morgan fingerprint density at radius 2 is 2.42 bits per heavy atom. The number of rotatable bonds is 3. The normalized spacial score (nSPS) is 19.5. The van der Waals surface area contributed by atoms with E-state index >= 15 is 0 Å². The van der Waals surface area contributed by atoms with Gasteiger partial charge in [-0.25, -0.2) is 0 Å². The Labute approximate surface area is 109 Å². The molecule has 7 heteroatoms. The number of hydrogen-bond acceptors (Lipinski definition) is 6. The van der Waals surface area contributed by atoms with Gasteiger partial charge in [-0.05, 0) is 25.5 Å². The van der Waals surface area contributed by atoms with E-state index in [9.17, 15) is 10.1 Å². The topological polar surface area (TPSA) is 93.2 Å². The number of fused-ring (bicyclic) bond motifs is 1. The first-order chi connectivity index (χ1) is 9.22. The van der Waals surface area contributed by atoms with Crippen LogP contribution in [-0.4, -0.2) is 29.0 Å². The van der Waals surface area contributed by atoms with Gasteiger partial charge in [-0.1, -0.05) is 0 Å². The third-order valence-electron chi connectivity index (χ3n) is 3.21. The van der Waals surface area contributed by atoms with Crippen molar-refractivity contribution in [1.82, 2.24) is 10.3 Å². The zero-order valence-electron chi connectivity index (χ0n) is 10.3. The fraction of sp³-hybridized carbons (Fsp3) is 0.417. The molecule has 1 aliphatic rings. The molecule has 1 aromatic heterocycles. The van der Waals surface area contributed by atoms with Crippen molar-refractivity contribution in [2.75, 3.05) is 18.4 Å². The number of nitrogens with zero attached hydrogens (tertiary/aromatic N) is 2. The number of anilines is 1. The summed E-state index contributed by atoms with van der Waals surface area (Å²) >= 11 is 0. The molecule has 1 saturated heterocycles. The second-order valence-electron chi connectivity index (χ2n) is 4.62. The first-order valence-corrected chi connectivity index (χ1v) is 6.24. The van der Waals surface area contributed by atoms with Crippen LogP contribution in [0.25, 0.3) is 11.1 Å². The van der Waals surface area contributed by atoms with E-state index < -0.39 is 4.92 Å². The maximum atomic E-state index is 10.7. The third kappa shape index (κ3) is 2.50. The lowest BCUT2D eigenvalue weighted by Gasteiger charge is -2.22. The van der Waals surface area contributed by atoms with Crippen molar-refractivity contribution in [2.24, 2.45) is 0 Å². The van der Waals surface area contributed by atoms with E-state index in [2.05, 4.69) is 15.6 Å². The summed E-state index contributed by atoms with van der Waals surface area (Å²) in [6.07, 6.45) is 2.18. The number of nitro groups is 1. The van der Waals surface area contributed by atoms with Crippen LogP contribution in [0.3, 0.4) is 0 Å². The highest BCUT2D eigenvalue weighted by Crippen LogP contribution is 2.24. The van der Waals surface area contributed by atoms with Crippen molar-refractivity contribution in [1.29, 1.82) is 0 Å². The Kier molecular flexibility index (Phi) is 3.04. The highest BCUT2D eigenvalue weighted by atomic mass is 16.6. The summed E-state index contributed by atoms with van der Waals surface area (Å²) in [4.78, 5) is 14.5. The Morgan fingerprint density at radius 1 is 1.53 bits per heavy atom. The third-order valence-corrected chi connectivity index (χ3v) is 3.21. The Hall–Kier alpha value is -2.15. The largest absolute Gasteiger partial charge is 0.424 e. The van der Waals surface area contributed by atoms with Crippen LogP contribution in [0.4, 0.5) is 11.7 Å². The van der Waals surface area contributed by atoms with Crippen molar-refractivity contribution in [3.63, 3.8) is 0 Å². The molecule has 0 aliphatic carbocycles. The summed E-state index contributed by atoms with van der Waals surface area (Å²) in [6.45, 7) is 1.91. The van der Waals surface area contributed by atoms with E-state index in [-0.39, 0.29) is 11.7 Å². The molecule has 2 N–H and O–H groups in total. The number of nitrogens with one attached hydrogen (secondary N) is 2. The fourth-order valence-electron chi connectivity index (χ4n) is 2.24. The molecule has 1 atom stereocenters. The molecule has 100 valence electrons. The van der Waals surface area contributed by atoms with Gasteiger partial charge in [0.1, 0.15) is 5.52 Å². The van der Waals surface area contributed by atoms with E-state index in [1.54, 1.807) is 6.07 Å². The summed E-state index contributed by atoms with van der Waals surface area (Å²) in [5, 5.41) is 17.2. The minimum absolute atomic E-state index is 0.0201. The van der Waals surface area contributed by atoms with Gasteiger partial charge in [0.05, 0.1) is 4.92 Å². The molecule has 0 amide bonds. The van der Waals surface area contributed by atoms with E-state index in [1.165, 1.54) is 12.1 Å². The summed E-state index contributed by atoms with van der Waals surface area (Å²) in [6, 6.07) is 5.12. The van der Waals surface area contributed by atoms with Crippen molar-refractivity contribution in [3.05, 3.63) is 28.3 Å². The number of nitro benzene ring substituents is 1. The van der Waals surface area contributed by atoms with Crippen molar-refractivity contribution >= 4 is 22.8 Å². The molecule has 7 nitrogen and oxygen atoms in total. The highest BCUT2D eigenvalue weighted by molar-refractivity contribution is 5.77. The lowest BCUT2D eigenvalue weighted by Crippen LogP contribution is -2.38. The minimum atomic E-state index is -0.438. The Bertz CT molecular complexity index is 604. The molecule has 2 aromatic rings. The van der Waals surface area contributed by atoms with E-state index in [4.69, 9.17) is 4.42 Å². The number of benzene rings is 1. The van der Waals surface area contributed by atoms with Gasteiger partial charge in [0.25, 0.3) is 11.7 Å². The van der Waals surface area contributed by atoms with Crippen LogP contribution in [0.2, 0.25) is 0 Å². The number of non-ortho nitro benzene ring substituents is 1. The van der Waals surface area contributed by atoms with Gasteiger partial charge >= 0.3 is 0 Å². The average Bonchev–Trinajstić information content (AvgIpc) is 2.80. The van der Waals surface area contributed by atoms with Gasteiger partial charge in [-0.2, -0.15) is 4.98 Å². The molecule has 0 spiro atoms. The molecule has 0 unspecified atom stereocenters. The molecule has 1 fully saturated rings. The lowest BCUT2D eigenvalue weighted by atomic mass is 10.1. The van der Waals surface area contributed by atoms with Crippen LogP contribution in [0, 0.1) is 10.1 Å². The maximum Gasteiger partial charge on any atom is 0.295 e. The summed E-state index contributed by atoms with van der Waals surface area (Å²) in [7, 11) is 0. The first-order valence-electron chi connectivity index (χ1n) is 6.24. The van der Waals surface area contributed by atoms with E-state index in [0.717, 1.165) is 25.9 Å². The van der Waals surface area contributed by atoms with Crippen LogP contribution < -0.4 is 10.6 Å². The molecule has 0 bridgehead atoms. The number of aromatic nitrogens is 1. The highest BCUT2D eigenvalue weighted by Gasteiger charge is 2.16. The van der Waals surface area contributed by atoms with Crippen molar-refractivity contribution in [2.45, 2.75) is 18.9 Å². The van der Waals surface area contributed by atoms with E-state index in [1.807, 2.05) is 0 Å². The van der Waals surface area contributed by atoms with Crippen LogP contribution in [0.5, 0.6) is 0 Å². The van der Waals surface area contributed by atoms with Crippen LogP contribution in [0.1, 0.15) is 12.8 Å². The standard InChI is InChI=1S/C12H14N4O3/c17-16(18)9-3-4-11-10(6-9)15-12(19-11)14-8-2-1-5-13-7-8/h3-4,6,8,13H,1-2,5,7H2,(H,14,15)/t8-/m1/s1. The predicted octanol–water partition coefficient (Wildman–Crippen LogP) is 1.90. The van der Waals surface area contributed by atoms with Crippen LogP contribution in [0.15, 0.2) is 22.6 Å². The monoisotopic (exact) mass is 262 g/mol. The van der Waals surface area contributed by atoms with Gasteiger partial charge in [0.15, 0.2) is 5.58 Å². The average molecular weight is 262 g/mol. The predicted molar refractivity (Wildman–Crippen MR) is 70.2 cm³/mol. The number of oxazole rings is 1. The van der Waals surface area contributed by atoms with Gasteiger partial charge in [0.2, 0.25) is 0 Å². The molecule has 1 aromatic carbocycles. The summed E-state index contributed by atoms with van der Waals surface area (Å²) < 4.78 is 5.53. The van der Waals surface area contributed by atoms with Gasteiger partial charge in [-0.15, -0.1) is 0 Å². The molecule has 0 radical (unpaired) electrons. The SMILES string of the molecule is O=[N+]([O-])c1ccc2oc(N[C@@H]3CCCNC3)nc2c1. The molecule has 1 aliphatic heterocycles. The minimum Gasteiger partial charge on any atom is -0.424 e. The Morgan fingerprint density at radius 3 is 3.16 bits per heavy atom. The second-order valence-corrected chi connectivity index (χ2v) is 4.62. The lowest BCUT2D eigenvalue weighted by molar-refractivity contribution is -0.384. The molecule has 3 rings (SSSR count). The number of piperidine rings is 1. The summed E-state index contributed by atoms with van der Waals surface area (Å²) in [5.41, 5.74) is 1.07. The van der Waals surface area contributed by atoms with Crippen LogP contribution in [-0.2, 0) is 0 Å². The molecular weight excluding hydrogens is 248 g/mol. The van der Waals surface area contributed by atoms with E-state index in [0.29, 0.717) is 17.1 Å². The molecule has 19 heavy (non-hydrogen) atoms. The zero-order valence-corrected chi connectivity index (χ0v) is 10.3. The fourth-order valence-corrected chi connectivity index (χ4v) is 2.24. The summed E-state index contributed by atoms with van der Waals surface area (Å²) in [5.74, 6) is 0. The second kappa shape index (κ2) is 4.85. The quantitative estimate of drug-likeness (QED) is 0.648. The molecular formula is C12H14N4O3. The molecule has 2 heterocycles. The van der Waals surface area contributed by atoms with Gasteiger partial charge in [0, 0.05) is 24.7 Å². The molecule has 0 saturated carbocycles. The zero-order chi connectivity index (χ0) is 13.2. The van der Waals surface area contributed by atoms with Crippen molar-refractivity contribution < 1.29 is 9.34 Å².